The number of ether oxygens (including phenoxy) is 2. The molecule has 0 aliphatic rings. The summed E-state index contributed by atoms with van der Waals surface area (Å²) in [6, 6.07) is 10.6. The molecule has 0 aliphatic carbocycles. The second-order valence-corrected chi connectivity index (χ2v) is 4.85. The molecule has 124 valence electrons. The number of hydrogen-bond donors (Lipinski definition) is 1. The average molecular weight is 336 g/mol. The minimum atomic E-state index is -4.86. The number of para-hydroxylation sites is 1. The minimum Gasteiger partial charge on any atom is -0.493 e. The maximum absolute atomic E-state index is 12.5. The second kappa shape index (κ2) is 5.88. The van der Waals surface area contributed by atoms with Crippen molar-refractivity contribution in [3.63, 3.8) is 0 Å². The molecule has 1 N–H and O–H groups in total. The molecule has 0 saturated heterocycles. The normalized spacial score (nSPS) is 11.5. The van der Waals surface area contributed by atoms with E-state index in [4.69, 9.17) is 4.74 Å². The van der Waals surface area contributed by atoms with Gasteiger partial charge in [-0.3, -0.25) is 4.79 Å². The summed E-state index contributed by atoms with van der Waals surface area (Å²) in [5.74, 6) is -0.467. The van der Waals surface area contributed by atoms with E-state index in [-0.39, 0.29) is 22.7 Å². The molecule has 5 nitrogen and oxygen atoms in total. The van der Waals surface area contributed by atoms with Crippen molar-refractivity contribution in [3.8, 4) is 22.9 Å². The van der Waals surface area contributed by atoms with Gasteiger partial charge in [-0.15, -0.1) is 13.2 Å². The lowest BCUT2D eigenvalue weighted by Gasteiger charge is -2.13. The van der Waals surface area contributed by atoms with Gasteiger partial charge in [0.05, 0.1) is 18.0 Å². The highest BCUT2D eigenvalue weighted by Crippen LogP contribution is 2.35. The van der Waals surface area contributed by atoms with Gasteiger partial charge in [-0.25, -0.2) is 4.98 Å². The van der Waals surface area contributed by atoms with Crippen molar-refractivity contribution in [3.05, 3.63) is 52.8 Å². The van der Waals surface area contributed by atoms with Crippen molar-refractivity contribution < 1.29 is 22.6 Å². The lowest BCUT2D eigenvalue weighted by molar-refractivity contribution is -0.275. The van der Waals surface area contributed by atoms with Gasteiger partial charge in [-0.05, 0) is 30.3 Å². The van der Waals surface area contributed by atoms with E-state index in [1.807, 2.05) is 0 Å². The molecular weight excluding hydrogens is 325 g/mol. The van der Waals surface area contributed by atoms with E-state index in [2.05, 4.69) is 14.7 Å². The van der Waals surface area contributed by atoms with Crippen LogP contribution in [0.2, 0.25) is 0 Å². The van der Waals surface area contributed by atoms with Gasteiger partial charge in [0.25, 0.3) is 5.56 Å². The van der Waals surface area contributed by atoms with Gasteiger partial charge in [-0.1, -0.05) is 12.1 Å². The lowest BCUT2D eigenvalue weighted by Crippen LogP contribution is -2.17. The molecule has 0 spiro atoms. The van der Waals surface area contributed by atoms with E-state index in [9.17, 15) is 18.0 Å². The Bertz CT molecular complexity index is 951. The maximum Gasteiger partial charge on any atom is 0.573 e. The third-order valence-electron chi connectivity index (χ3n) is 3.28. The molecule has 0 saturated carbocycles. The average Bonchev–Trinajstić information content (AvgIpc) is 2.53. The van der Waals surface area contributed by atoms with E-state index in [1.165, 1.54) is 19.2 Å². The number of nitrogens with one attached hydrogen (secondary N) is 1. The van der Waals surface area contributed by atoms with E-state index >= 15 is 0 Å². The van der Waals surface area contributed by atoms with Crippen molar-refractivity contribution in [1.29, 1.82) is 0 Å². The van der Waals surface area contributed by atoms with Crippen LogP contribution in [0.25, 0.3) is 22.3 Å². The first-order chi connectivity index (χ1) is 11.4. The molecule has 3 aromatic rings. The molecule has 0 aliphatic heterocycles. The molecular formula is C16H11F3N2O3. The summed E-state index contributed by atoms with van der Waals surface area (Å²) in [6.07, 6.45) is -4.86. The Morgan fingerprint density at radius 1 is 1.08 bits per heavy atom. The van der Waals surface area contributed by atoms with Gasteiger partial charge in [0, 0.05) is 5.56 Å². The minimum absolute atomic E-state index is 0.0841. The van der Waals surface area contributed by atoms with Gasteiger partial charge in [0.1, 0.15) is 5.82 Å². The van der Waals surface area contributed by atoms with E-state index in [1.54, 1.807) is 24.3 Å². The SMILES string of the molecule is COc1ccc(-c2nc3ccccc3c(=O)[nH]2)cc1OC(F)(F)F. The van der Waals surface area contributed by atoms with Crippen LogP contribution in [0.4, 0.5) is 13.2 Å². The van der Waals surface area contributed by atoms with Gasteiger partial charge in [0.15, 0.2) is 11.5 Å². The second-order valence-electron chi connectivity index (χ2n) is 4.85. The van der Waals surface area contributed by atoms with Crippen molar-refractivity contribution >= 4 is 10.9 Å². The first kappa shape index (κ1) is 15.9. The molecule has 1 aromatic heterocycles. The number of nitrogens with zero attached hydrogens (tertiary/aromatic N) is 1. The van der Waals surface area contributed by atoms with Crippen LogP contribution in [0, 0.1) is 0 Å². The molecule has 2 aromatic carbocycles. The van der Waals surface area contributed by atoms with Crippen molar-refractivity contribution in [2.75, 3.05) is 7.11 Å². The molecule has 8 heteroatoms. The first-order valence-electron chi connectivity index (χ1n) is 6.80. The first-order valence-corrected chi connectivity index (χ1v) is 6.80. The number of benzene rings is 2. The number of H-pyrrole nitrogens is 1. The van der Waals surface area contributed by atoms with Crippen LogP contribution in [0.5, 0.6) is 11.5 Å². The largest absolute Gasteiger partial charge is 0.573 e. The summed E-state index contributed by atoms with van der Waals surface area (Å²) in [5, 5.41) is 0.390. The predicted octanol–water partition coefficient (Wildman–Crippen LogP) is 3.50. The van der Waals surface area contributed by atoms with Gasteiger partial charge in [0.2, 0.25) is 0 Å². The Balaban J connectivity index is 2.13. The van der Waals surface area contributed by atoms with E-state index in [0.717, 1.165) is 6.07 Å². The number of rotatable bonds is 3. The number of halogens is 3. The molecule has 24 heavy (non-hydrogen) atoms. The Kier molecular flexibility index (Phi) is 3.88. The Morgan fingerprint density at radius 3 is 2.54 bits per heavy atom. The number of fused-ring (bicyclic) bond motifs is 1. The molecule has 1 heterocycles. The standard InChI is InChI=1S/C16H11F3N2O3/c1-23-12-7-6-9(8-13(12)24-16(17,18)19)14-20-11-5-3-2-4-10(11)15(22)21-14/h2-8H,1H3,(H,20,21,22). The van der Waals surface area contributed by atoms with Crippen molar-refractivity contribution in [2.24, 2.45) is 0 Å². The highest BCUT2D eigenvalue weighted by molar-refractivity contribution is 5.79. The summed E-state index contributed by atoms with van der Waals surface area (Å²) >= 11 is 0. The van der Waals surface area contributed by atoms with Crippen LogP contribution in [0.15, 0.2) is 47.3 Å². The van der Waals surface area contributed by atoms with Crippen LogP contribution >= 0.6 is 0 Å². The summed E-state index contributed by atoms with van der Waals surface area (Å²) < 4.78 is 46.4. The summed E-state index contributed by atoms with van der Waals surface area (Å²) in [7, 11) is 1.23. The number of aromatic amines is 1. The van der Waals surface area contributed by atoms with Gasteiger partial charge in [-0.2, -0.15) is 0 Å². The van der Waals surface area contributed by atoms with E-state index in [0.29, 0.717) is 10.9 Å². The van der Waals surface area contributed by atoms with Crippen LogP contribution in [0.3, 0.4) is 0 Å². The topological polar surface area (TPSA) is 64.2 Å². The molecule has 0 unspecified atom stereocenters. The summed E-state index contributed by atoms with van der Waals surface area (Å²) in [6.45, 7) is 0. The highest BCUT2D eigenvalue weighted by atomic mass is 19.4. The Hall–Kier alpha value is -3.03. The fourth-order valence-electron chi connectivity index (χ4n) is 2.25. The molecule has 0 amide bonds. The van der Waals surface area contributed by atoms with Crippen molar-refractivity contribution in [2.45, 2.75) is 6.36 Å². The zero-order valence-electron chi connectivity index (χ0n) is 12.3. The Morgan fingerprint density at radius 2 is 1.83 bits per heavy atom. The Labute approximate surface area is 133 Å². The zero-order valence-corrected chi connectivity index (χ0v) is 12.3. The third-order valence-corrected chi connectivity index (χ3v) is 3.28. The van der Waals surface area contributed by atoms with Crippen LogP contribution in [0.1, 0.15) is 0 Å². The molecule has 0 bridgehead atoms. The van der Waals surface area contributed by atoms with Crippen LogP contribution < -0.4 is 15.0 Å². The summed E-state index contributed by atoms with van der Waals surface area (Å²) in [5.41, 5.74) is 0.313. The fourth-order valence-corrected chi connectivity index (χ4v) is 2.25. The lowest BCUT2D eigenvalue weighted by atomic mass is 10.1. The predicted molar refractivity (Wildman–Crippen MR) is 81.0 cm³/mol. The van der Waals surface area contributed by atoms with E-state index < -0.39 is 12.1 Å². The molecule has 0 atom stereocenters. The van der Waals surface area contributed by atoms with Gasteiger partial charge < -0.3 is 14.5 Å². The van der Waals surface area contributed by atoms with Gasteiger partial charge >= 0.3 is 6.36 Å². The molecule has 0 fully saturated rings. The third kappa shape index (κ3) is 3.17. The zero-order chi connectivity index (χ0) is 17.3. The molecule has 3 rings (SSSR count). The number of hydrogen-bond acceptors (Lipinski definition) is 4. The quantitative estimate of drug-likeness (QED) is 0.795. The smallest absolute Gasteiger partial charge is 0.493 e. The maximum atomic E-state index is 12.5. The molecule has 0 radical (unpaired) electrons. The fraction of sp³-hybridized carbons (Fsp3) is 0.125. The van der Waals surface area contributed by atoms with Crippen molar-refractivity contribution in [1.82, 2.24) is 9.97 Å². The summed E-state index contributed by atoms with van der Waals surface area (Å²) in [4.78, 5) is 18.9. The highest BCUT2D eigenvalue weighted by Gasteiger charge is 2.32. The van der Waals surface area contributed by atoms with Crippen LogP contribution in [-0.4, -0.2) is 23.4 Å². The van der Waals surface area contributed by atoms with Crippen LogP contribution in [-0.2, 0) is 0 Å². The monoisotopic (exact) mass is 336 g/mol. The number of aromatic nitrogens is 2. The number of methoxy groups -OCH3 is 1. The number of alkyl halides is 3.